The molecule has 2 N–H and O–H groups in total. The summed E-state index contributed by atoms with van der Waals surface area (Å²) in [6.45, 7) is 0. The number of carbonyl (C=O) groups excluding carboxylic acids is 1. The van der Waals surface area contributed by atoms with Crippen LogP contribution in [0.15, 0.2) is 71.6 Å². The van der Waals surface area contributed by atoms with E-state index in [0.29, 0.717) is 11.6 Å². The van der Waals surface area contributed by atoms with Crippen LogP contribution in [0.1, 0.15) is 11.1 Å². The van der Waals surface area contributed by atoms with Gasteiger partial charge in [-0.2, -0.15) is 17.9 Å². The van der Waals surface area contributed by atoms with Crippen molar-refractivity contribution in [2.45, 2.75) is 23.5 Å². The number of rotatable bonds is 8. The Morgan fingerprint density at radius 2 is 1.63 bits per heavy atom. The second-order valence-electron chi connectivity index (χ2n) is 7.34. The molecule has 0 aliphatic rings. The number of hydrogen-bond donors (Lipinski definition) is 2. The van der Waals surface area contributed by atoms with Gasteiger partial charge >= 0.3 is 6.18 Å². The van der Waals surface area contributed by atoms with E-state index < -0.39 is 39.4 Å². The molecule has 1 atom stereocenters. The van der Waals surface area contributed by atoms with Crippen LogP contribution in [0.2, 0.25) is 10.0 Å². The number of methoxy groups -OCH3 is 1. The smallest absolute Gasteiger partial charge is 0.418 e. The Balaban J connectivity index is 1.98. The Labute approximate surface area is 210 Å². The minimum absolute atomic E-state index is 0.0298. The first-order valence-electron chi connectivity index (χ1n) is 9.98. The molecule has 6 nitrogen and oxygen atoms in total. The molecule has 0 saturated heterocycles. The lowest BCUT2D eigenvalue weighted by molar-refractivity contribution is -0.137. The summed E-state index contributed by atoms with van der Waals surface area (Å²) in [5, 5.41) is 2.10. The highest BCUT2D eigenvalue weighted by Gasteiger charge is 2.35. The van der Waals surface area contributed by atoms with E-state index >= 15 is 0 Å². The Hall–Kier alpha value is -2.79. The number of ether oxygens (including phenoxy) is 1. The topological polar surface area (TPSA) is 84.5 Å². The maximum atomic E-state index is 13.5. The predicted octanol–water partition coefficient (Wildman–Crippen LogP) is 5.55. The van der Waals surface area contributed by atoms with Gasteiger partial charge in [-0.1, -0.05) is 53.5 Å². The molecule has 0 aliphatic carbocycles. The summed E-state index contributed by atoms with van der Waals surface area (Å²) in [6.07, 6.45) is -4.96. The van der Waals surface area contributed by atoms with Crippen molar-refractivity contribution in [2.24, 2.45) is 0 Å². The highest BCUT2D eigenvalue weighted by Crippen LogP contribution is 2.36. The second-order valence-corrected chi connectivity index (χ2v) is 9.89. The Morgan fingerprint density at radius 3 is 2.26 bits per heavy atom. The Kier molecular flexibility index (Phi) is 8.32. The Morgan fingerprint density at radius 1 is 1.00 bits per heavy atom. The monoisotopic (exact) mass is 546 g/mol. The fourth-order valence-corrected chi connectivity index (χ4v) is 5.03. The summed E-state index contributed by atoms with van der Waals surface area (Å²) in [5.41, 5.74) is -1.17. The van der Waals surface area contributed by atoms with E-state index in [0.717, 1.165) is 12.1 Å². The highest BCUT2D eigenvalue weighted by molar-refractivity contribution is 7.89. The van der Waals surface area contributed by atoms with Crippen molar-refractivity contribution in [3.05, 3.63) is 87.9 Å². The van der Waals surface area contributed by atoms with E-state index in [-0.39, 0.29) is 27.1 Å². The maximum absolute atomic E-state index is 13.5. The summed E-state index contributed by atoms with van der Waals surface area (Å²) < 4.78 is 74.2. The molecule has 0 spiro atoms. The van der Waals surface area contributed by atoms with Crippen LogP contribution in [0.3, 0.4) is 0 Å². The zero-order chi connectivity index (χ0) is 25.8. The lowest BCUT2D eigenvalue weighted by Gasteiger charge is -2.21. The summed E-state index contributed by atoms with van der Waals surface area (Å²) in [4.78, 5) is 12.8. The van der Waals surface area contributed by atoms with Crippen molar-refractivity contribution < 1.29 is 31.1 Å². The number of hydrogen-bond acceptors (Lipinski definition) is 4. The van der Waals surface area contributed by atoms with Gasteiger partial charge in [-0.3, -0.25) is 4.79 Å². The van der Waals surface area contributed by atoms with Crippen LogP contribution < -0.4 is 14.8 Å². The number of benzene rings is 3. The first-order valence-corrected chi connectivity index (χ1v) is 12.2. The van der Waals surface area contributed by atoms with E-state index in [2.05, 4.69) is 10.0 Å². The minimum atomic E-state index is -4.81. The number of carbonyl (C=O) groups is 1. The highest BCUT2D eigenvalue weighted by atomic mass is 35.5. The number of halogens is 5. The van der Waals surface area contributed by atoms with Crippen LogP contribution in [-0.4, -0.2) is 27.5 Å². The van der Waals surface area contributed by atoms with Crippen LogP contribution in [0.25, 0.3) is 0 Å². The van der Waals surface area contributed by atoms with Crippen LogP contribution in [0, 0.1) is 0 Å². The normalized spacial score (nSPS) is 12.7. The average Bonchev–Trinajstić information content (AvgIpc) is 2.79. The van der Waals surface area contributed by atoms with Crippen molar-refractivity contribution in [1.82, 2.24) is 4.72 Å². The van der Waals surface area contributed by atoms with Gasteiger partial charge in [-0.15, -0.1) is 0 Å². The first-order chi connectivity index (χ1) is 16.4. The molecule has 0 bridgehead atoms. The van der Waals surface area contributed by atoms with E-state index in [9.17, 15) is 26.4 Å². The van der Waals surface area contributed by atoms with Gasteiger partial charge in [0.15, 0.2) is 0 Å². The lowest BCUT2D eigenvalue weighted by atomic mass is 10.1. The van der Waals surface area contributed by atoms with E-state index in [1.807, 2.05) is 0 Å². The van der Waals surface area contributed by atoms with Crippen molar-refractivity contribution in [3.63, 3.8) is 0 Å². The van der Waals surface area contributed by atoms with Gasteiger partial charge in [0.2, 0.25) is 15.9 Å². The number of sulfonamides is 1. The number of anilines is 1. The fourth-order valence-electron chi connectivity index (χ4n) is 3.23. The minimum Gasteiger partial charge on any atom is -0.495 e. The third-order valence-corrected chi connectivity index (χ3v) is 6.82. The summed E-state index contributed by atoms with van der Waals surface area (Å²) in [7, 11) is -3.13. The molecule has 35 heavy (non-hydrogen) atoms. The van der Waals surface area contributed by atoms with E-state index in [1.165, 1.54) is 25.3 Å². The average molecular weight is 547 g/mol. The summed E-state index contributed by atoms with van der Waals surface area (Å²) in [5.74, 6) is -1.04. The molecule has 0 aromatic heterocycles. The van der Waals surface area contributed by atoms with Gasteiger partial charge < -0.3 is 10.1 Å². The second kappa shape index (κ2) is 10.9. The fraction of sp³-hybridized carbons (Fsp3) is 0.174. The third kappa shape index (κ3) is 6.88. The summed E-state index contributed by atoms with van der Waals surface area (Å²) >= 11 is 11.6. The first kappa shape index (κ1) is 26.8. The van der Waals surface area contributed by atoms with Crippen molar-refractivity contribution >= 4 is 44.8 Å². The molecular formula is C23H19Cl2F3N2O4S. The van der Waals surface area contributed by atoms with E-state index in [1.54, 1.807) is 30.3 Å². The van der Waals surface area contributed by atoms with Gasteiger partial charge in [0, 0.05) is 10.0 Å². The zero-order valence-corrected chi connectivity index (χ0v) is 20.4. The van der Waals surface area contributed by atoms with Gasteiger partial charge in [0.1, 0.15) is 16.7 Å². The number of nitrogens with one attached hydrogen (secondary N) is 2. The quantitative estimate of drug-likeness (QED) is 0.388. The maximum Gasteiger partial charge on any atom is 0.418 e. The largest absolute Gasteiger partial charge is 0.495 e. The zero-order valence-electron chi connectivity index (χ0n) is 18.1. The molecule has 186 valence electrons. The molecule has 0 fully saturated rings. The van der Waals surface area contributed by atoms with Crippen LogP contribution >= 0.6 is 23.2 Å². The molecular weight excluding hydrogens is 528 g/mol. The molecule has 3 rings (SSSR count). The van der Waals surface area contributed by atoms with Crippen LogP contribution in [0.4, 0.5) is 18.9 Å². The van der Waals surface area contributed by atoms with Gasteiger partial charge in [0.25, 0.3) is 0 Å². The third-order valence-electron chi connectivity index (χ3n) is 4.86. The molecule has 0 aliphatic heterocycles. The van der Waals surface area contributed by atoms with Gasteiger partial charge in [-0.25, -0.2) is 8.42 Å². The molecule has 3 aromatic rings. The van der Waals surface area contributed by atoms with Crippen LogP contribution in [0.5, 0.6) is 5.75 Å². The van der Waals surface area contributed by atoms with E-state index in [4.69, 9.17) is 27.9 Å². The number of alkyl halides is 3. The molecule has 0 saturated carbocycles. The molecule has 0 radical (unpaired) electrons. The van der Waals surface area contributed by atoms with Crippen molar-refractivity contribution in [1.29, 1.82) is 0 Å². The lowest BCUT2D eigenvalue weighted by Crippen LogP contribution is -2.45. The standard InChI is InChI=1S/C23H19Cl2F3N2O4S/c1-34-20-10-8-16(25)13-21(20)35(32,33)30-19(11-14-5-3-2-4-6-14)22(31)29-18-9-7-15(24)12-17(18)23(26,27)28/h2-10,12-13,19,30H,11H2,1H3,(H,29,31). The van der Waals surface area contributed by atoms with Gasteiger partial charge in [-0.05, 0) is 48.4 Å². The summed E-state index contributed by atoms with van der Waals surface area (Å²) in [6, 6.07) is 13.7. The Bertz CT molecular complexity index is 1320. The predicted molar refractivity (Wildman–Crippen MR) is 127 cm³/mol. The van der Waals surface area contributed by atoms with Crippen LogP contribution in [-0.2, 0) is 27.4 Å². The number of amides is 1. The molecule has 1 unspecified atom stereocenters. The van der Waals surface area contributed by atoms with Gasteiger partial charge in [0.05, 0.1) is 18.4 Å². The molecule has 3 aromatic carbocycles. The van der Waals surface area contributed by atoms with Crippen molar-refractivity contribution in [3.8, 4) is 5.75 Å². The van der Waals surface area contributed by atoms with Crippen molar-refractivity contribution in [2.75, 3.05) is 12.4 Å². The molecule has 1 amide bonds. The SMILES string of the molecule is COc1ccc(Cl)cc1S(=O)(=O)NC(Cc1ccccc1)C(=O)Nc1ccc(Cl)cc1C(F)(F)F. The molecule has 12 heteroatoms. The molecule has 0 heterocycles.